The van der Waals surface area contributed by atoms with E-state index in [1.54, 1.807) is 42.5 Å². The van der Waals surface area contributed by atoms with Gasteiger partial charge in [-0.1, -0.05) is 23.7 Å². The largest absolute Gasteiger partial charge is 0.495 e. The number of methoxy groups -OCH3 is 1. The summed E-state index contributed by atoms with van der Waals surface area (Å²) < 4.78 is 18.5. The lowest BCUT2D eigenvalue weighted by Crippen LogP contribution is -2.13. The number of amides is 1. The van der Waals surface area contributed by atoms with E-state index in [1.807, 2.05) is 0 Å². The Morgan fingerprint density at radius 3 is 2.68 bits per heavy atom. The van der Waals surface area contributed by atoms with Crippen LogP contribution in [0.1, 0.15) is 10.4 Å². The van der Waals surface area contributed by atoms with Gasteiger partial charge in [0.25, 0.3) is 5.91 Å². The second kappa shape index (κ2) is 7.32. The van der Waals surface area contributed by atoms with Crippen LogP contribution in [-0.4, -0.2) is 18.0 Å². The number of benzene rings is 2. The van der Waals surface area contributed by atoms with Gasteiger partial charge in [0.15, 0.2) is 0 Å². The summed E-state index contributed by atoms with van der Waals surface area (Å²) in [7, 11) is 1.51. The van der Waals surface area contributed by atoms with Gasteiger partial charge in [0.1, 0.15) is 11.6 Å². The van der Waals surface area contributed by atoms with Crippen molar-refractivity contribution in [1.82, 2.24) is 4.98 Å². The van der Waals surface area contributed by atoms with Crippen LogP contribution in [0.5, 0.6) is 5.75 Å². The second-order valence-corrected chi connectivity index (χ2v) is 5.68. The fourth-order valence-corrected chi connectivity index (χ4v) is 2.49. The number of nitrogens with zero attached hydrogens (tertiary/aromatic N) is 1. The van der Waals surface area contributed by atoms with Crippen molar-refractivity contribution < 1.29 is 13.9 Å². The van der Waals surface area contributed by atoms with Crippen LogP contribution in [0.4, 0.5) is 10.1 Å². The summed E-state index contributed by atoms with van der Waals surface area (Å²) in [6.07, 6.45) is 1.44. The highest BCUT2D eigenvalue weighted by Crippen LogP contribution is 2.28. The van der Waals surface area contributed by atoms with Crippen molar-refractivity contribution in [2.75, 3.05) is 12.4 Å². The van der Waals surface area contributed by atoms with E-state index >= 15 is 0 Å². The third-order valence-corrected chi connectivity index (χ3v) is 3.79. The fraction of sp³-hybridized carbons (Fsp3) is 0.0526. The first-order chi connectivity index (χ1) is 12.1. The molecule has 0 aliphatic carbocycles. The summed E-state index contributed by atoms with van der Waals surface area (Å²) >= 11 is 5.95. The molecule has 3 aromatic rings. The fourth-order valence-electron chi connectivity index (χ4n) is 2.32. The Morgan fingerprint density at radius 1 is 1.16 bits per heavy atom. The zero-order chi connectivity index (χ0) is 17.8. The molecule has 25 heavy (non-hydrogen) atoms. The highest BCUT2D eigenvalue weighted by atomic mass is 35.5. The molecule has 0 atom stereocenters. The number of halogens is 2. The Bertz CT molecular complexity index is 914. The van der Waals surface area contributed by atoms with Gasteiger partial charge in [-0.15, -0.1) is 0 Å². The summed E-state index contributed by atoms with van der Waals surface area (Å²) in [6, 6.07) is 14.4. The first-order valence-electron chi connectivity index (χ1n) is 7.44. The predicted molar refractivity (Wildman–Crippen MR) is 95.6 cm³/mol. The molecule has 0 aliphatic heterocycles. The molecule has 0 bridgehead atoms. The molecule has 1 aromatic heterocycles. The van der Waals surface area contributed by atoms with Gasteiger partial charge < -0.3 is 10.1 Å². The molecule has 0 saturated heterocycles. The van der Waals surface area contributed by atoms with Crippen molar-refractivity contribution in [3.63, 3.8) is 0 Å². The minimum atomic E-state index is -0.348. The Balaban J connectivity index is 1.81. The molecule has 0 fully saturated rings. The molecule has 1 amide bonds. The molecule has 0 spiro atoms. The number of carbonyl (C=O) groups is 1. The molecule has 4 nitrogen and oxygen atoms in total. The quantitative estimate of drug-likeness (QED) is 0.730. The number of hydrogen-bond donors (Lipinski definition) is 1. The van der Waals surface area contributed by atoms with Crippen LogP contribution in [0.2, 0.25) is 5.02 Å². The van der Waals surface area contributed by atoms with Crippen LogP contribution in [-0.2, 0) is 0 Å². The number of hydrogen-bond acceptors (Lipinski definition) is 3. The molecular weight excluding hydrogens is 343 g/mol. The Hall–Kier alpha value is -2.92. The number of aromatic nitrogens is 1. The van der Waals surface area contributed by atoms with Gasteiger partial charge in [-0.2, -0.15) is 0 Å². The van der Waals surface area contributed by atoms with Crippen molar-refractivity contribution in [2.45, 2.75) is 0 Å². The summed E-state index contributed by atoms with van der Waals surface area (Å²) in [5.74, 6) is -0.185. The highest BCUT2D eigenvalue weighted by Gasteiger charge is 2.11. The second-order valence-electron chi connectivity index (χ2n) is 5.24. The maximum Gasteiger partial charge on any atom is 0.257 e. The van der Waals surface area contributed by atoms with Crippen LogP contribution in [0.15, 0.2) is 60.8 Å². The Kier molecular flexibility index (Phi) is 4.95. The van der Waals surface area contributed by atoms with Crippen LogP contribution < -0.4 is 10.1 Å². The summed E-state index contributed by atoms with van der Waals surface area (Å²) in [5.41, 5.74) is 2.05. The maximum absolute atomic E-state index is 13.3. The van der Waals surface area contributed by atoms with E-state index in [-0.39, 0.29) is 11.7 Å². The Labute approximate surface area is 149 Å². The monoisotopic (exact) mass is 356 g/mol. The average molecular weight is 357 g/mol. The smallest absolute Gasteiger partial charge is 0.257 e. The van der Waals surface area contributed by atoms with E-state index in [2.05, 4.69) is 10.3 Å². The van der Waals surface area contributed by atoms with Crippen molar-refractivity contribution in [3.8, 4) is 17.0 Å². The van der Waals surface area contributed by atoms with Crippen molar-refractivity contribution in [1.29, 1.82) is 0 Å². The lowest BCUT2D eigenvalue weighted by molar-refractivity contribution is 0.102. The van der Waals surface area contributed by atoms with Gasteiger partial charge >= 0.3 is 0 Å². The van der Waals surface area contributed by atoms with Gasteiger partial charge in [-0.3, -0.25) is 9.78 Å². The van der Waals surface area contributed by atoms with Gasteiger partial charge in [-0.05, 0) is 42.5 Å². The molecule has 3 rings (SSSR count). The van der Waals surface area contributed by atoms with E-state index in [0.717, 1.165) is 0 Å². The molecular formula is C19H14ClFN2O2. The van der Waals surface area contributed by atoms with Gasteiger partial charge in [0, 0.05) is 16.8 Å². The number of anilines is 1. The topological polar surface area (TPSA) is 51.2 Å². The van der Waals surface area contributed by atoms with Gasteiger partial charge in [0.05, 0.1) is 24.1 Å². The molecule has 0 aliphatic rings. The average Bonchev–Trinajstić information content (AvgIpc) is 2.62. The number of pyridine rings is 1. The molecule has 1 heterocycles. The van der Waals surface area contributed by atoms with Crippen molar-refractivity contribution in [2.24, 2.45) is 0 Å². The molecule has 6 heteroatoms. The van der Waals surface area contributed by atoms with Gasteiger partial charge in [0.2, 0.25) is 0 Å². The van der Waals surface area contributed by atoms with Crippen LogP contribution >= 0.6 is 11.6 Å². The maximum atomic E-state index is 13.3. The third kappa shape index (κ3) is 3.95. The molecule has 126 valence electrons. The Morgan fingerprint density at radius 2 is 2.00 bits per heavy atom. The van der Waals surface area contributed by atoms with E-state index < -0.39 is 0 Å². The lowest BCUT2D eigenvalue weighted by Gasteiger charge is -2.10. The van der Waals surface area contributed by atoms with E-state index in [0.29, 0.717) is 33.3 Å². The van der Waals surface area contributed by atoms with E-state index in [9.17, 15) is 9.18 Å². The molecule has 0 unspecified atom stereocenters. The van der Waals surface area contributed by atoms with Crippen LogP contribution in [0.3, 0.4) is 0 Å². The predicted octanol–water partition coefficient (Wildman–Crippen LogP) is 4.80. The molecule has 0 radical (unpaired) electrons. The zero-order valence-electron chi connectivity index (χ0n) is 13.3. The highest BCUT2D eigenvalue weighted by molar-refractivity contribution is 6.31. The standard InChI is InChI=1S/C19H14ClFN2O2/c1-25-18-8-6-14(20)10-17(18)23-19(24)13-5-7-16(22-11-13)12-3-2-4-15(21)9-12/h2-11H,1H3,(H,23,24). The SMILES string of the molecule is COc1ccc(Cl)cc1NC(=O)c1ccc(-c2cccc(F)c2)nc1. The normalized spacial score (nSPS) is 10.4. The molecule has 2 aromatic carbocycles. The van der Waals surface area contributed by atoms with Gasteiger partial charge in [-0.25, -0.2) is 4.39 Å². The first kappa shape index (κ1) is 16.9. The van der Waals surface area contributed by atoms with Crippen LogP contribution in [0.25, 0.3) is 11.3 Å². The first-order valence-corrected chi connectivity index (χ1v) is 7.81. The summed E-state index contributed by atoms with van der Waals surface area (Å²) in [6.45, 7) is 0. The minimum absolute atomic E-state index is 0.339. The number of nitrogens with one attached hydrogen (secondary N) is 1. The molecule has 1 N–H and O–H groups in total. The zero-order valence-corrected chi connectivity index (χ0v) is 14.0. The molecule has 0 saturated carbocycles. The van der Waals surface area contributed by atoms with E-state index in [4.69, 9.17) is 16.3 Å². The van der Waals surface area contributed by atoms with Crippen molar-refractivity contribution >= 4 is 23.2 Å². The van der Waals surface area contributed by atoms with Crippen molar-refractivity contribution in [3.05, 3.63) is 77.2 Å². The van der Waals surface area contributed by atoms with Crippen LogP contribution in [0, 0.1) is 5.82 Å². The summed E-state index contributed by atoms with van der Waals surface area (Å²) in [4.78, 5) is 16.6. The number of ether oxygens (including phenoxy) is 1. The third-order valence-electron chi connectivity index (χ3n) is 3.56. The minimum Gasteiger partial charge on any atom is -0.495 e. The number of rotatable bonds is 4. The van der Waals surface area contributed by atoms with E-state index in [1.165, 1.54) is 25.4 Å². The summed E-state index contributed by atoms with van der Waals surface area (Å²) in [5, 5.41) is 3.22. The lowest BCUT2D eigenvalue weighted by atomic mass is 10.1. The number of carbonyl (C=O) groups excluding carboxylic acids is 1.